The molecule has 0 aliphatic carbocycles. The van der Waals surface area contributed by atoms with E-state index in [4.69, 9.17) is 9.52 Å². The summed E-state index contributed by atoms with van der Waals surface area (Å²) in [4.78, 5) is 22.6. The van der Waals surface area contributed by atoms with Gasteiger partial charge in [-0.05, 0) is 19.4 Å². The number of carbonyl (C=O) groups is 2. The molecule has 1 amide bonds. The highest BCUT2D eigenvalue weighted by Crippen LogP contribution is 2.15. The lowest BCUT2D eigenvalue weighted by molar-refractivity contribution is -0.124. The molecule has 19 heavy (non-hydrogen) atoms. The zero-order valence-corrected chi connectivity index (χ0v) is 11.7. The Labute approximate surface area is 113 Å². The summed E-state index contributed by atoms with van der Waals surface area (Å²) in [5.74, 6) is -0.258. The number of aromatic carboxylic acids is 1. The first-order valence-corrected chi connectivity index (χ1v) is 6.56. The topological polar surface area (TPSA) is 79.5 Å². The Balaban J connectivity index is 2.50. The smallest absolute Gasteiger partial charge is 0.339 e. The van der Waals surface area contributed by atoms with E-state index in [0.29, 0.717) is 11.5 Å². The number of hydrogen-bond donors (Lipinski definition) is 2. The highest BCUT2D eigenvalue weighted by Gasteiger charge is 2.16. The molecule has 0 radical (unpaired) electrons. The van der Waals surface area contributed by atoms with Crippen LogP contribution < -0.4 is 5.32 Å². The van der Waals surface area contributed by atoms with Crippen LogP contribution in [0.2, 0.25) is 0 Å². The standard InChI is InChI=1S/C14H21NO4/c1-4-5-6-9(2)13(16)15-8-11-7-12(14(17)18)10(3)19-11/h7,9H,4-6,8H2,1-3H3,(H,15,16)(H,17,18). The maximum absolute atomic E-state index is 11.8. The van der Waals surface area contributed by atoms with Crippen molar-refractivity contribution in [1.82, 2.24) is 5.32 Å². The van der Waals surface area contributed by atoms with E-state index in [1.54, 1.807) is 6.92 Å². The minimum absolute atomic E-state index is 0.0284. The molecule has 2 N–H and O–H groups in total. The largest absolute Gasteiger partial charge is 0.478 e. The van der Waals surface area contributed by atoms with Gasteiger partial charge in [0.25, 0.3) is 0 Å². The summed E-state index contributed by atoms with van der Waals surface area (Å²) in [7, 11) is 0. The molecule has 5 heteroatoms. The summed E-state index contributed by atoms with van der Waals surface area (Å²) in [6, 6.07) is 1.45. The molecular weight excluding hydrogens is 246 g/mol. The van der Waals surface area contributed by atoms with E-state index in [1.807, 2.05) is 6.92 Å². The normalized spacial score (nSPS) is 12.2. The van der Waals surface area contributed by atoms with Crippen molar-refractivity contribution in [2.24, 2.45) is 5.92 Å². The van der Waals surface area contributed by atoms with Crippen LogP contribution >= 0.6 is 0 Å². The van der Waals surface area contributed by atoms with Crippen LogP contribution in [-0.2, 0) is 11.3 Å². The second kappa shape index (κ2) is 6.97. The Morgan fingerprint density at radius 1 is 1.47 bits per heavy atom. The monoisotopic (exact) mass is 267 g/mol. The second-order valence-corrected chi connectivity index (χ2v) is 4.75. The van der Waals surface area contributed by atoms with Gasteiger partial charge in [-0.1, -0.05) is 26.7 Å². The van der Waals surface area contributed by atoms with Crippen molar-refractivity contribution in [2.75, 3.05) is 0 Å². The van der Waals surface area contributed by atoms with Gasteiger partial charge < -0.3 is 14.8 Å². The fraction of sp³-hybridized carbons (Fsp3) is 0.571. The first kappa shape index (κ1) is 15.3. The molecule has 0 aromatic carbocycles. The van der Waals surface area contributed by atoms with Crippen molar-refractivity contribution in [2.45, 2.75) is 46.6 Å². The molecule has 1 unspecified atom stereocenters. The minimum Gasteiger partial charge on any atom is -0.478 e. The molecule has 1 aromatic rings. The molecule has 0 aliphatic rings. The second-order valence-electron chi connectivity index (χ2n) is 4.75. The Kier molecular flexibility index (Phi) is 5.60. The molecule has 1 rings (SSSR count). The number of amides is 1. The number of carboxylic acid groups (broad SMARTS) is 1. The average molecular weight is 267 g/mol. The lowest BCUT2D eigenvalue weighted by Crippen LogP contribution is -2.28. The summed E-state index contributed by atoms with van der Waals surface area (Å²) in [6.07, 6.45) is 2.95. The number of nitrogens with one attached hydrogen (secondary N) is 1. The molecule has 0 saturated carbocycles. The van der Waals surface area contributed by atoms with Gasteiger partial charge in [0.2, 0.25) is 5.91 Å². The van der Waals surface area contributed by atoms with E-state index < -0.39 is 5.97 Å². The number of carboxylic acids is 1. The number of hydrogen-bond acceptors (Lipinski definition) is 3. The molecule has 0 aliphatic heterocycles. The van der Waals surface area contributed by atoms with Crippen molar-refractivity contribution in [3.8, 4) is 0 Å². The van der Waals surface area contributed by atoms with Crippen LogP contribution in [0.1, 0.15) is 55.0 Å². The molecule has 0 saturated heterocycles. The highest BCUT2D eigenvalue weighted by atomic mass is 16.4. The Morgan fingerprint density at radius 3 is 2.68 bits per heavy atom. The van der Waals surface area contributed by atoms with Gasteiger partial charge in [-0.15, -0.1) is 0 Å². The van der Waals surface area contributed by atoms with Gasteiger partial charge in [-0.3, -0.25) is 4.79 Å². The van der Waals surface area contributed by atoms with Crippen LogP contribution in [0.5, 0.6) is 0 Å². The van der Waals surface area contributed by atoms with Gasteiger partial charge in [-0.2, -0.15) is 0 Å². The summed E-state index contributed by atoms with van der Waals surface area (Å²) < 4.78 is 5.29. The van der Waals surface area contributed by atoms with E-state index in [-0.39, 0.29) is 23.9 Å². The fourth-order valence-electron chi connectivity index (χ4n) is 1.83. The SMILES string of the molecule is CCCCC(C)C(=O)NCc1cc(C(=O)O)c(C)o1. The van der Waals surface area contributed by atoms with Gasteiger partial charge in [0, 0.05) is 5.92 Å². The van der Waals surface area contributed by atoms with Crippen molar-refractivity contribution in [3.63, 3.8) is 0 Å². The molecule has 0 bridgehead atoms. The fourth-order valence-corrected chi connectivity index (χ4v) is 1.83. The summed E-state index contributed by atoms with van der Waals surface area (Å²) in [5, 5.41) is 11.7. The van der Waals surface area contributed by atoms with Crippen molar-refractivity contribution in [1.29, 1.82) is 0 Å². The van der Waals surface area contributed by atoms with Gasteiger partial charge in [0.05, 0.1) is 6.54 Å². The summed E-state index contributed by atoms with van der Waals surface area (Å²) in [6.45, 7) is 5.80. The molecule has 0 spiro atoms. The van der Waals surface area contributed by atoms with E-state index in [2.05, 4.69) is 12.2 Å². The van der Waals surface area contributed by atoms with Crippen LogP contribution in [0.4, 0.5) is 0 Å². The highest BCUT2D eigenvalue weighted by molar-refractivity contribution is 5.88. The first-order valence-electron chi connectivity index (χ1n) is 6.56. The van der Waals surface area contributed by atoms with E-state index in [1.165, 1.54) is 6.07 Å². The van der Waals surface area contributed by atoms with E-state index >= 15 is 0 Å². The maximum atomic E-state index is 11.8. The third-order valence-electron chi connectivity index (χ3n) is 3.07. The minimum atomic E-state index is -1.02. The average Bonchev–Trinajstić information content (AvgIpc) is 2.74. The molecular formula is C14H21NO4. The molecule has 1 aromatic heterocycles. The van der Waals surface area contributed by atoms with Gasteiger partial charge >= 0.3 is 5.97 Å². The Morgan fingerprint density at radius 2 is 2.16 bits per heavy atom. The summed E-state index contributed by atoms with van der Waals surface area (Å²) in [5.41, 5.74) is 0.142. The zero-order valence-electron chi connectivity index (χ0n) is 11.7. The zero-order chi connectivity index (χ0) is 14.4. The molecule has 1 heterocycles. The van der Waals surface area contributed by atoms with Crippen LogP contribution in [0.3, 0.4) is 0 Å². The molecule has 106 valence electrons. The lowest BCUT2D eigenvalue weighted by Gasteiger charge is -2.10. The third-order valence-corrected chi connectivity index (χ3v) is 3.07. The molecule has 5 nitrogen and oxygen atoms in total. The van der Waals surface area contributed by atoms with Crippen molar-refractivity contribution < 1.29 is 19.1 Å². The predicted molar refractivity (Wildman–Crippen MR) is 70.9 cm³/mol. The quantitative estimate of drug-likeness (QED) is 0.796. The lowest BCUT2D eigenvalue weighted by atomic mass is 10.0. The summed E-state index contributed by atoms with van der Waals surface area (Å²) >= 11 is 0. The van der Waals surface area contributed by atoms with Gasteiger partial charge in [0.1, 0.15) is 17.1 Å². The molecule has 0 fully saturated rings. The number of aryl methyl sites for hydroxylation is 1. The van der Waals surface area contributed by atoms with E-state index in [9.17, 15) is 9.59 Å². The van der Waals surface area contributed by atoms with E-state index in [0.717, 1.165) is 19.3 Å². The number of furan rings is 1. The first-order chi connectivity index (χ1) is 8.95. The maximum Gasteiger partial charge on any atom is 0.339 e. The van der Waals surface area contributed by atoms with Crippen molar-refractivity contribution >= 4 is 11.9 Å². The Bertz CT molecular complexity index is 450. The Hall–Kier alpha value is -1.78. The number of rotatable bonds is 7. The number of unbranched alkanes of at least 4 members (excludes halogenated alkanes) is 1. The van der Waals surface area contributed by atoms with Crippen LogP contribution in [0, 0.1) is 12.8 Å². The van der Waals surface area contributed by atoms with Crippen molar-refractivity contribution in [3.05, 3.63) is 23.2 Å². The number of carbonyl (C=O) groups excluding carboxylic acids is 1. The molecule has 1 atom stereocenters. The van der Waals surface area contributed by atoms with Crippen LogP contribution in [-0.4, -0.2) is 17.0 Å². The van der Waals surface area contributed by atoms with Crippen LogP contribution in [0.25, 0.3) is 0 Å². The van der Waals surface area contributed by atoms with Gasteiger partial charge in [0.15, 0.2) is 0 Å². The predicted octanol–water partition coefficient (Wildman–Crippen LogP) is 2.73. The third kappa shape index (κ3) is 4.43. The van der Waals surface area contributed by atoms with Gasteiger partial charge in [-0.25, -0.2) is 4.79 Å². The van der Waals surface area contributed by atoms with Crippen LogP contribution in [0.15, 0.2) is 10.5 Å².